The van der Waals surface area contributed by atoms with Crippen LogP contribution in [-0.4, -0.2) is 18.0 Å². The number of aryl methyl sites for hydroxylation is 1. The Balaban J connectivity index is 2.31. The minimum absolute atomic E-state index is 0.0266. The molecule has 3 heteroatoms. The molecule has 0 aromatic heterocycles. The minimum Gasteiger partial charge on any atom is -0.351 e. The SMILES string of the molecule is Cc1ccc(CNC(=O)CNC(C)(C)C)cc1. The molecule has 3 nitrogen and oxygen atoms in total. The van der Waals surface area contributed by atoms with Crippen molar-refractivity contribution in [2.24, 2.45) is 0 Å². The monoisotopic (exact) mass is 234 g/mol. The number of hydrogen-bond donors (Lipinski definition) is 2. The minimum atomic E-state index is -0.0266. The van der Waals surface area contributed by atoms with Crippen molar-refractivity contribution in [2.45, 2.75) is 39.8 Å². The molecule has 0 aliphatic heterocycles. The lowest BCUT2D eigenvalue weighted by Gasteiger charge is -2.20. The third-order valence-electron chi connectivity index (χ3n) is 2.39. The number of hydrogen-bond acceptors (Lipinski definition) is 2. The number of nitrogens with one attached hydrogen (secondary N) is 2. The average Bonchev–Trinajstić information content (AvgIpc) is 2.25. The molecule has 1 aromatic carbocycles. The Morgan fingerprint density at radius 3 is 2.29 bits per heavy atom. The maximum atomic E-state index is 11.6. The molecule has 0 spiro atoms. The van der Waals surface area contributed by atoms with E-state index in [9.17, 15) is 4.79 Å². The van der Waals surface area contributed by atoms with Gasteiger partial charge in [-0.05, 0) is 33.3 Å². The van der Waals surface area contributed by atoms with Crippen molar-refractivity contribution in [3.05, 3.63) is 35.4 Å². The van der Waals surface area contributed by atoms with E-state index in [4.69, 9.17) is 0 Å². The average molecular weight is 234 g/mol. The van der Waals surface area contributed by atoms with Gasteiger partial charge in [0.2, 0.25) is 5.91 Å². The fourth-order valence-corrected chi connectivity index (χ4v) is 1.31. The zero-order valence-electron chi connectivity index (χ0n) is 11.1. The lowest BCUT2D eigenvalue weighted by Crippen LogP contribution is -2.43. The van der Waals surface area contributed by atoms with Crippen molar-refractivity contribution in [3.8, 4) is 0 Å². The molecule has 0 bridgehead atoms. The van der Waals surface area contributed by atoms with Crippen molar-refractivity contribution in [2.75, 3.05) is 6.54 Å². The number of benzene rings is 1. The molecular weight excluding hydrogens is 212 g/mol. The summed E-state index contributed by atoms with van der Waals surface area (Å²) < 4.78 is 0. The highest BCUT2D eigenvalue weighted by molar-refractivity contribution is 5.78. The Labute approximate surface area is 104 Å². The van der Waals surface area contributed by atoms with E-state index in [0.717, 1.165) is 5.56 Å². The van der Waals surface area contributed by atoms with E-state index in [2.05, 4.69) is 29.7 Å². The van der Waals surface area contributed by atoms with Gasteiger partial charge in [0.15, 0.2) is 0 Å². The van der Waals surface area contributed by atoms with Crippen LogP contribution in [0.15, 0.2) is 24.3 Å². The van der Waals surface area contributed by atoms with Crippen molar-refractivity contribution in [1.82, 2.24) is 10.6 Å². The second-order valence-electron chi connectivity index (χ2n) is 5.37. The van der Waals surface area contributed by atoms with Gasteiger partial charge in [-0.1, -0.05) is 29.8 Å². The van der Waals surface area contributed by atoms with E-state index in [1.54, 1.807) is 0 Å². The molecule has 0 unspecified atom stereocenters. The van der Waals surface area contributed by atoms with Crippen LogP contribution in [0.1, 0.15) is 31.9 Å². The normalized spacial score (nSPS) is 11.3. The molecule has 0 heterocycles. The lowest BCUT2D eigenvalue weighted by atomic mass is 10.1. The highest BCUT2D eigenvalue weighted by Gasteiger charge is 2.10. The van der Waals surface area contributed by atoms with Crippen molar-refractivity contribution >= 4 is 5.91 Å². The van der Waals surface area contributed by atoms with Gasteiger partial charge < -0.3 is 10.6 Å². The first kappa shape index (κ1) is 13.7. The van der Waals surface area contributed by atoms with Crippen LogP contribution in [0.5, 0.6) is 0 Å². The summed E-state index contributed by atoms with van der Waals surface area (Å²) in [5, 5.41) is 6.04. The van der Waals surface area contributed by atoms with Gasteiger partial charge in [0.1, 0.15) is 0 Å². The first-order valence-corrected chi connectivity index (χ1v) is 5.94. The summed E-state index contributed by atoms with van der Waals surface area (Å²) in [6.07, 6.45) is 0. The smallest absolute Gasteiger partial charge is 0.234 e. The van der Waals surface area contributed by atoms with Crippen molar-refractivity contribution in [1.29, 1.82) is 0 Å². The van der Waals surface area contributed by atoms with Gasteiger partial charge >= 0.3 is 0 Å². The molecule has 0 radical (unpaired) electrons. The van der Waals surface area contributed by atoms with Gasteiger partial charge in [-0.25, -0.2) is 0 Å². The Morgan fingerprint density at radius 1 is 1.18 bits per heavy atom. The standard InChI is InChI=1S/C14H22N2O/c1-11-5-7-12(8-6-11)9-15-13(17)10-16-14(2,3)4/h5-8,16H,9-10H2,1-4H3,(H,15,17). The number of carbonyl (C=O) groups is 1. The van der Waals surface area contributed by atoms with E-state index in [1.165, 1.54) is 5.56 Å². The van der Waals surface area contributed by atoms with E-state index in [0.29, 0.717) is 13.1 Å². The van der Waals surface area contributed by atoms with Gasteiger partial charge in [-0.2, -0.15) is 0 Å². The Hall–Kier alpha value is -1.35. The van der Waals surface area contributed by atoms with Gasteiger partial charge in [0.05, 0.1) is 6.54 Å². The molecule has 0 atom stereocenters. The molecule has 1 aromatic rings. The largest absolute Gasteiger partial charge is 0.351 e. The van der Waals surface area contributed by atoms with Crippen LogP contribution in [-0.2, 0) is 11.3 Å². The lowest BCUT2D eigenvalue weighted by molar-refractivity contribution is -0.120. The molecule has 0 saturated carbocycles. The third-order valence-corrected chi connectivity index (χ3v) is 2.39. The second-order valence-corrected chi connectivity index (χ2v) is 5.37. The maximum absolute atomic E-state index is 11.6. The van der Waals surface area contributed by atoms with Gasteiger partial charge in [-0.15, -0.1) is 0 Å². The highest BCUT2D eigenvalue weighted by Crippen LogP contribution is 2.02. The molecule has 0 saturated heterocycles. The predicted molar refractivity (Wildman–Crippen MR) is 70.8 cm³/mol. The molecular formula is C14H22N2O. The zero-order valence-corrected chi connectivity index (χ0v) is 11.1. The molecule has 17 heavy (non-hydrogen) atoms. The van der Waals surface area contributed by atoms with Gasteiger partial charge in [-0.3, -0.25) is 4.79 Å². The first-order chi connectivity index (χ1) is 7.87. The van der Waals surface area contributed by atoms with Crippen LogP contribution < -0.4 is 10.6 Å². The number of carbonyl (C=O) groups excluding carboxylic acids is 1. The van der Waals surface area contributed by atoms with E-state index < -0.39 is 0 Å². The predicted octanol–water partition coefficient (Wildman–Crippen LogP) is 2.00. The Morgan fingerprint density at radius 2 is 1.76 bits per heavy atom. The van der Waals surface area contributed by atoms with Crippen LogP contribution in [0.2, 0.25) is 0 Å². The van der Waals surface area contributed by atoms with Gasteiger partial charge in [0.25, 0.3) is 0 Å². The number of rotatable bonds is 4. The molecule has 0 aliphatic carbocycles. The van der Waals surface area contributed by atoms with E-state index in [1.807, 2.05) is 32.9 Å². The van der Waals surface area contributed by atoms with E-state index in [-0.39, 0.29) is 11.4 Å². The molecule has 94 valence electrons. The second kappa shape index (κ2) is 5.82. The summed E-state index contributed by atoms with van der Waals surface area (Å²) in [5.41, 5.74) is 2.33. The summed E-state index contributed by atoms with van der Waals surface area (Å²) in [4.78, 5) is 11.6. The molecule has 1 rings (SSSR count). The molecule has 2 N–H and O–H groups in total. The number of amides is 1. The summed E-state index contributed by atoms with van der Waals surface area (Å²) in [6, 6.07) is 8.17. The highest BCUT2D eigenvalue weighted by atomic mass is 16.1. The molecule has 1 amide bonds. The topological polar surface area (TPSA) is 41.1 Å². The summed E-state index contributed by atoms with van der Waals surface area (Å²) in [7, 11) is 0. The van der Waals surface area contributed by atoms with E-state index >= 15 is 0 Å². The van der Waals surface area contributed by atoms with Gasteiger partial charge in [0, 0.05) is 12.1 Å². The Kier molecular flexibility index (Phi) is 4.70. The first-order valence-electron chi connectivity index (χ1n) is 5.94. The van der Waals surface area contributed by atoms with Crippen molar-refractivity contribution < 1.29 is 4.79 Å². The quantitative estimate of drug-likeness (QED) is 0.836. The Bertz CT molecular complexity index is 363. The summed E-state index contributed by atoms with van der Waals surface area (Å²) in [6.45, 7) is 9.12. The fourth-order valence-electron chi connectivity index (χ4n) is 1.31. The van der Waals surface area contributed by atoms with Crippen LogP contribution in [0.3, 0.4) is 0 Å². The summed E-state index contributed by atoms with van der Waals surface area (Å²) >= 11 is 0. The summed E-state index contributed by atoms with van der Waals surface area (Å²) in [5.74, 6) is 0.0282. The maximum Gasteiger partial charge on any atom is 0.234 e. The third kappa shape index (κ3) is 6.07. The molecule has 0 fully saturated rings. The van der Waals surface area contributed by atoms with Crippen LogP contribution >= 0.6 is 0 Å². The van der Waals surface area contributed by atoms with Crippen LogP contribution in [0, 0.1) is 6.92 Å². The fraction of sp³-hybridized carbons (Fsp3) is 0.500. The zero-order chi connectivity index (χ0) is 12.9. The van der Waals surface area contributed by atoms with Crippen LogP contribution in [0.25, 0.3) is 0 Å². The van der Waals surface area contributed by atoms with Crippen molar-refractivity contribution in [3.63, 3.8) is 0 Å². The molecule has 0 aliphatic rings. The van der Waals surface area contributed by atoms with Crippen LogP contribution in [0.4, 0.5) is 0 Å².